The number of hydrogen-bond acceptors (Lipinski definition) is 4. The molecule has 0 aromatic heterocycles. The van der Waals surface area contributed by atoms with Crippen LogP contribution in [-0.2, 0) is 6.18 Å². The first kappa shape index (κ1) is 19.1. The molecule has 0 aliphatic carbocycles. The molecular formula is C19H14F3NO3. The number of carbonyl (C=O) groups is 1. The van der Waals surface area contributed by atoms with Crippen molar-refractivity contribution in [3.8, 4) is 17.6 Å². The van der Waals surface area contributed by atoms with Gasteiger partial charge in [-0.25, -0.2) is 0 Å². The molecule has 0 heterocycles. The number of hydrogen-bond donors (Lipinski definition) is 0. The first-order valence-electron chi connectivity index (χ1n) is 7.43. The molecule has 0 amide bonds. The summed E-state index contributed by atoms with van der Waals surface area (Å²) in [6, 6.07) is 11.1. The highest BCUT2D eigenvalue weighted by Crippen LogP contribution is 2.32. The summed E-state index contributed by atoms with van der Waals surface area (Å²) in [7, 11) is 1.41. The zero-order chi connectivity index (χ0) is 19.2. The largest absolute Gasteiger partial charge is 0.493 e. The summed E-state index contributed by atoms with van der Waals surface area (Å²) in [6.45, 7) is -0.155. The molecule has 0 radical (unpaired) electrons. The van der Waals surface area contributed by atoms with Gasteiger partial charge in [-0.3, -0.25) is 4.79 Å². The summed E-state index contributed by atoms with van der Waals surface area (Å²) in [5.41, 5.74) is -0.867. The number of halogens is 3. The molecule has 0 bridgehead atoms. The van der Waals surface area contributed by atoms with Crippen LogP contribution in [0.1, 0.15) is 21.5 Å². The monoisotopic (exact) mass is 361 g/mol. The van der Waals surface area contributed by atoms with Gasteiger partial charge in [0.05, 0.1) is 12.7 Å². The van der Waals surface area contributed by atoms with Crippen molar-refractivity contribution < 1.29 is 27.4 Å². The van der Waals surface area contributed by atoms with Crippen LogP contribution in [0.3, 0.4) is 0 Å². The van der Waals surface area contributed by atoms with Gasteiger partial charge in [-0.1, -0.05) is 30.3 Å². The minimum absolute atomic E-state index is 0.155. The number of methoxy groups -OCH3 is 1. The van der Waals surface area contributed by atoms with Crippen molar-refractivity contribution in [2.45, 2.75) is 6.18 Å². The number of carbonyl (C=O) groups excluding carboxylic acids is 1. The zero-order valence-electron chi connectivity index (χ0n) is 13.7. The van der Waals surface area contributed by atoms with Gasteiger partial charge in [-0.2, -0.15) is 18.4 Å². The lowest BCUT2D eigenvalue weighted by atomic mass is 10.0. The van der Waals surface area contributed by atoms with Gasteiger partial charge in [0.15, 0.2) is 23.9 Å². The van der Waals surface area contributed by atoms with Crippen molar-refractivity contribution in [1.29, 1.82) is 5.26 Å². The first-order valence-corrected chi connectivity index (χ1v) is 7.43. The van der Waals surface area contributed by atoms with Gasteiger partial charge in [0.25, 0.3) is 0 Å². The molecule has 0 aliphatic rings. The molecule has 0 spiro atoms. The molecule has 0 saturated carbocycles. The van der Waals surface area contributed by atoms with Crippen molar-refractivity contribution >= 4 is 11.9 Å². The maximum absolute atomic E-state index is 13.0. The summed E-state index contributed by atoms with van der Waals surface area (Å²) in [4.78, 5) is 12.2. The van der Waals surface area contributed by atoms with Crippen molar-refractivity contribution in [3.63, 3.8) is 0 Å². The fourth-order valence-electron chi connectivity index (χ4n) is 2.22. The molecule has 26 heavy (non-hydrogen) atoms. The third-order valence-corrected chi connectivity index (χ3v) is 3.40. The van der Waals surface area contributed by atoms with Gasteiger partial charge in [-0.15, -0.1) is 0 Å². The Morgan fingerprint density at radius 3 is 2.58 bits per heavy atom. The number of nitriles is 1. The van der Waals surface area contributed by atoms with E-state index in [0.717, 1.165) is 18.2 Å². The fraction of sp³-hybridized carbons (Fsp3) is 0.158. The van der Waals surface area contributed by atoms with Crippen LogP contribution in [0.15, 0.2) is 48.5 Å². The second kappa shape index (κ2) is 8.21. The predicted octanol–water partition coefficient (Wildman–Crippen LogP) is 4.51. The van der Waals surface area contributed by atoms with E-state index < -0.39 is 23.1 Å². The minimum Gasteiger partial charge on any atom is -0.493 e. The van der Waals surface area contributed by atoms with Gasteiger partial charge in [0.2, 0.25) is 0 Å². The number of allylic oxidation sites excluding steroid dienone is 1. The number of rotatable bonds is 6. The topological polar surface area (TPSA) is 59.3 Å². The van der Waals surface area contributed by atoms with E-state index in [0.29, 0.717) is 17.1 Å². The highest BCUT2D eigenvalue weighted by atomic mass is 19.4. The van der Waals surface area contributed by atoms with Crippen molar-refractivity contribution in [1.82, 2.24) is 0 Å². The molecule has 2 aromatic rings. The van der Waals surface area contributed by atoms with E-state index in [2.05, 4.69) is 0 Å². The van der Waals surface area contributed by atoms with Crippen LogP contribution in [0.4, 0.5) is 13.2 Å². The standard InChI is InChI=1S/C19H14F3NO3/c1-25-18-12-13(7-9-17(18)26-11-10-23)6-8-16(24)14-4-2-3-5-15(14)19(20,21)22/h2-9,12H,11H2,1H3/b8-6+. The van der Waals surface area contributed by atoms with Crippen molar-refractivity contribution in [2.75, 3.05) is 13.7 Å². The van der Waals surface area contributed by atoms with Crippen LogP contribution in [0.2, 0.25) is 0 Å². The van der Waals surface area contributed by atoms with E-state index in [1.54, 1.807) is 18.2 Å². The third-order valence-electron chi connectivity index (χ3n) is 3.40. The molecule has 0 N–H and O–H groups in total. The maximum atomic E-state index is 13.0. The highest BCUT2D eigenvalue weighted by molar-refractivity contribution is 6.07. The number of alkyl halides is 3. The third kappa shape index (κ3) is 4.63. The average Bonchev–Trinajstić information content (AvgIpc) is 2.64. The SMILES string of the molecule is COc1cc(/C=C/C(=O)c2ccccc2C(F)(F)F)ccc1OCC#N. The molecule has 134 valence electrons. The van der Waals surface area contributed by atoms with Gasteiger partial charge in [0.1, 0.15) is 6.07 Å². The Hall–Kier alpha value is -3.27. The van der Waals surface area contributed by atoms with Crippen LogP contribution in [0.5, 0.6) is 11.5 Å². The molecule has 0 saturated heterocycles. The van der Waals surface area contributed by atoms with Crippen LogP contribution in [-0.4, -0.2) is 19.5 Å². The van der Waals surface area contributed by atoms with Crippen LogP contribution >= 0.6 is 0 Å². The molecule has 0 fully saturated rings. The average molecular weight is 361 g/mol. The van der Waals surface area contributed by atoms with Gasteiger partial charge in [0, 0.05) is 5.56 Å². The Labute approximate surface area is 148 Å². The number of ether oxygens (including phenoxy) is 2. The van der Waals surface area contributed by atoms with Crippen molar-refractivity contribution in [2.24, 2.45) is 0 Å². The molecule has 0 unspecified atom stereocenters. The zero-order valence-corrected chi connectivity index (χ0v) is 13.7. The summed E-state index contributed by atoms with van der Waals surface area (Å²) in [5, 5.41) is 8.53. The maximum Gasteiger partial charge on any atom is 0.417 e. The summed E-state index contributed by atoms with van der Waals surface area (Å²) in [5.74, 6) is -0.0767. The predicted molar refractivity (Wildman–Crippen MR) is 88.9 cm³/mol. The van der Waals surface area contributed by atoms with Gasteiger partial charge in [-0.05, 0) is 29.8 Å². The molecule has 2 aromatic carbocycles. The minimum atomic E-state index is -4.61. The van der Waals surface area contributed by atoms with E-state index in [-0.39, 0.29) is 6.61 Å². The van der Waals surface area contributed by atoms with Crippen LogP contribution in [0, 0.1) is 11.3 Å². The van der Waals surface area contributed by atoms with E-state index in [1.807, 2.05) is 6.07 Å². The van der Waals surface area contributed by atoms with Crippen LogP contribution in [0.25, 0.3) is 6.08 Å². The Morgan fingerprint density at radius 2 is 1.92 bits per heavy atom. The Bertz CT molecular complexity index is 867. The number of benzene rings is 2. The lowest BCUT2D eigenvalue weighted by molar-refractivity contribution is -0.137. The van der Waals surface area contributed by atoms with Crippen LogP contribution < -0.4 is 9.47 Å². The Morgan fingerprint density at radius 1 is 1.19 bits per heavy atom. The number of ketones is 1. The normalized spacial score (nSPS) is 11.2. The van der Waals surface area contributed by atoms with Gasteiger partial charge < -0.3 is 9.47 Å². The van der Waals surface area contributed by atoms with E-state index in [4.69, 9.17) is 14.7 Å². The quantitative estimate of drug-likeness (QED) is 0.561. The van der Waals surface area contributed by atoms with Gasteiger partial charge >= 0.3 is 6.18 Å². The van der Waals surface area contributed by atoms with Crippen molar-refractivity contribution in [3.05, 3.63) is 65.2 Å². The Kier molecular flexibility index (Phi) is 6.02. The molecule has 2 rings (SSSR count). The van der Waals surface area contributed by atoms with E-state index in [9.17, 15) is 18.0 Å². The summed E-state index contributed by atoms with van der Waals surface area (Å²) >= 11 is 0. The van der Waals surface area contributed by atoms with E-state index >= 15 is 0 Å². The first-order chi connectivity index (χ1) is 12.4. The molecule has 0 atom stereocenters. The van der Waals surface area contributed by atoms with E-state index in [1.165, 1.54) is 25.3 Å². The summed E-state index contributed by atoms with van der Waals surface area (Å²) < 4.78 is 49.3. The molecule has 7 heteroatoms. The fourth-order valence-corrected chi connectivity index (χ4v) is 2.22. The number of nitrogens with zero attached hydrogens (tertiary/aromatic N) is 1. The highest BCUT2D eigenvalue weighted by Gasteiger charge is 2.34. The molecule has 0 aliphatic heterocycles. The molecular weight excluding hydrogens is 347 g/mol. The Balaban J connectivity index is 2.25. The lowest BCUT2D eigenvalue weighted by Gasteiger charge is -2.10. The summed E-state index contributed by atoms with van der Waals surface area (Å²) in [6.07, 6.45) is -2.16. The second-order valence-corrected chi connectivity index (χ2v) is 5.10. The lowest BCUT2D eigenvalue weighted by Crippen LogP contribution is -2.11. The molecule has 4 nitrogen and oxygen atoms in total. The smallest absolute Gasteiger partial charge is 0.417 e. The second-order valence-electron chi connectivity index (χ2n) is 5.10.